The van der Waals surface area contributed by atoms with Crippen molar-refractivity contribution in [1.82, 2.24) is 14.5 Å². The van der Waals surface area contributed by atoms with Crippen LogP contribution in [0.2, 0.25) is 0 Å². The van der Waals surface area contributed by atoms with Crippen LogP contribution >= 0.6 is 0 Å². The Hall–Kier alpha value is -3.81. The number of nitriles is 1. The van der Waals surface area contributed by atoms with Crippen LogP contribution in [-0.2, 0) is 12.7 Å². The minimum absolute atomic E-state index is 0.0642. The Bertz CT molecular complexity index is 1370. The van der Waals surface area contributed by atoms with Gasteiger partial charge in [0.1, 0.15) is 29.0 Å². The lowest BCUT2D eigenvalue weighted by atomic mass is 10.0. The molecule has 0 bridgehead atoms. The largest absolute Gasteiger partial charge is 0.496 e. The molecule has 0 fully saturated rings. The summed E-state index contributed by atoms with van der Waals surface area (Å²) in [5.74, 6) is -1.49. The van der Waals surface area contributed by atoms with Crippen molar-refractivity contribution in [2.45, 2.75) is 26.6 Å². The van der Waals surface area contributed by atoms with Crippen molar-refractivity contribution in [2.24, 2.45) is 0 Å². The summed E-state index contributed by atoms with van der Waals surface area (Å²) in [5.41, 5.74) is 4.46. The van der Waals surface area contributed by atoms with E-state index < -0.39 is 34.5 Å². The third-order valence-corrected chi connectivity index (χ3v) is 5.68. The van der Waals surface area contributed by atoms with Gasteiger partial charge >= 0.3 is 6.18 Å². The van der Waals surface area contributed by atoms with Gasteiger partial charge in [-0.2, -0.15) is 18.4 Å². The smallest absolute Gasteiger partial charge is 0.434 e. The number of aromatic nitrogens is 2. The number of nitrogens with two attached hydrogens (primary N) is 1. The van der Waals surface area contributed by atoms with Gasteiger partial charge in [0, 0.05) is 24.2 Å². The molecular weight excluding hydrogens is 430 g/mol. The van der Waals surface area contributed by atoms with E-state index in [1.165, 1.54) is 26.0 Å². The van der Waals surface area contributed by atoms with E-state index in [4.69, 9.17) is 10.5 Å². The molecule has 0 unspecified atom stereocenters. The number of nitrogens with zero attached hydrogens (tertiary/aromatic N) is 4. The molecular formula is C21H17F4N5O2. The molecule has 32 heavy (non-hydrogen) atoms. The van der Waals surface area contributed by atoms with Crippen molar-refractivity contribution in [1.29, 1.82) is 5.26 Å². The van der Waals surface area contributed by atoms with Crippen molar-refractivity contribution in [3.05, 3.63) is 45.5 Å². The van der Waals surface area contributed by atoms with E-state index >= 15 is 0 Å². The van der Waals surface area contributed by atoms with Crippen molar-refractivity contribution in [3.63, 3.8) is 0 Å². The van der Waals surface area contributed by atoms with Gasteiger partial charge in [-0.15, -0.1) is 0 Å². The van der Waals surface area contributed by atoms with E-state index in [2.05, 4.69) is 4.98 Å². The molecule has 0 saturated heterocycles. The first-order valence-electron chi connectivity index (χ1n) is 9.37. The van der Waals surface area contributed by atoms with Gasteiger partial charge in [-0.25, -0.2) is 9.37 Å². The monoisotopic (exact) mass is 447 g/mol. The van der Waals surface area contributed by atoms with Gasteiger partial charge in [-0.1, -0.05) is 0 Å². The zero-order chi connectivity index (χ0) is 23.7. The highest BCUT2D eigenvalue weighted by atomic mass is 19.4. The fourth-order valence-electron chi connectivity index (χ4n) is 4.21. The summed E-state index contributed by atoms with van der Waals surface area (Å²) in [7, 11) is 2.74. The summed E-state index contributed by atoms with van der Waals surface area (Å²) in [6.45, 7) is 2.86. The van der Waals surface area contributed by atoms with Crippen LogP contribution in [0.1, 0.15) is 38.4 Å². The number of hydrogen-bond donors (Lipinski definition) is 1. The minimum atomic E-state index is -4.93. The lowest BCUT2D eigenvalue weighted by molar-refractivity contribution is -0.139. The van der Waals surface area contributed by atoms with Crippen LogP contribution in [0.25, 0.3) is 16.6 Å². The predicted molar refractivity (Wildman–Crippen MR) is 107 cm³/mol. The normalized spacial score (nSPS) is 13.6. The van der Waals surface area contributed by atoms with Gasteiger partial charge < -0.3 is 15.4 Å². The van der Waals surface area contributed by atoms with E-state index in [1.54, 1.807) is 13.0 Å². The molecule has 0 atom stereocenters. The van der Waals surface area contributed by atoms with Crippen molar-refractivity contribution >= 4 is 22.6 Å². The summed E-state index contributed by atoms with van der Waals surface area (Å²) >= 11 is 0. The molecule has 0 radical (unpaired) electrons. The molecule has 7 nitrogen and oxygen atoms in total. The first kappa shape index (κ1) is 21.4. The number of pyridine rings is 1. The maximum Gasteiger partial charge on any atom is 0.434 e. The molecule has 3 heterocycles. The lowest BCUT2D eigenvalue weighted by Gasteiger charge is -2.19. The Morgan fingerprint density at radius 3 is 2.50 bits per heavy atom. The molecule has 0 saturated carbocycles. The Labute approximate surface area is 179 Å². The summed E-state index contributed by atoms with van der Waals surface area (Å²) in [6, 6.07) is 2.85. The zero-order valence-corrected chi connectivity index (χ0v) is 17.5. The van der Waals surface area contributed by atoms with Gasteiger partial charge in [0.15, 0.2) is 5.69 Å². The van der Waals surface area contributed by atoms with Crippen LogP contribution in [-0.4, -0.2) is 34.5 Å². The van der Waals surface area contributed by atoms with Crippen LogP contribution in [0.3, 0.4) is 0 Å². The van der Waals surface area contributed by atoms with E-state index in [9.17, 15) is 27.6 Å². The van der Waals surface area contributed by atoms with Gasteiger partial charge in [-0.05, 0) is 13.8 Å². The number of carbonyl (C=O) groups excluding carboxylic acids is 1. The Kier molecular flexibility index (Phi) is 4.58. The Morgan fingerprint density at radius 2 is 1.94 bits per heavy atom. The van der Waals surface area contributed by atoms with E-state index in [-0.39, 0.29) is 46.1 Å². The van der Waals surface area contributed by atoms with E-state index in [0.29, 0.717) is 5.56 Å². The number of amides is 1. The number of nitrogen functional groups attached to an aromatic ring is 1. The Morgan fingerprint density at radius 1 is 1.28 bits per heavy atom. The molecule has 4 rings (SSSR count). The van der Waals surface area contributed by atoms with Gasteiger partial charge in [-0.3, -0.25) is 9.36 Å². The van der Waals surface area contributed by atoms with Crippen molar-refractivity contribution < 1.29 is 27.1 Å². The fourth-order valence-corrected chi connectivity index (χ4v) is 4.21. The Balaban J connectivity index is 2.33. The van der Waals surface area contributed by atoms with E-state index in [0.717, 1.165) is 10.6 Å². The summed E-state index contributed by atoms with van der Waals surface area (Å²) in [6.07, 6.45) is -4.93. The summed E-state index contributed by atoms with van der Waals surface area (Å²) in [5, 5.41) is 9.10. The highest BCUT2D eigenvalue weighted by Crippen LogP contribution is 2.45. The van der Waals surface area contributed by atoms with Crippen molar-refractivity contribution in [2.75, 3.05) is 19.9 Å². The van der Waals surface area contributed by atoms with Gasteiger partial charge in [0.2, 0.25) is 0 Å². The van der Waals surface area contributed by atoms with E-state index in [1.807, 2.05) is 0 Å². The van der Waals surface area contributed by atoms with Crippen LogP contribution in [0, 0.1) is 31.0 Å². The number of hydrogen-bond acceptors (Lipinski definition) is 5. The minimum Gasteiger partial charge on any atom is -0.496 e. The SMILES string of the molecule is COc1cc(F)c(C)c(-n2c(N)c(C#N)c3c(C(F)(F)F)nc4c(c32)C(=O)N(C)C4)c1C. The van der Waals surface area contributed by atoms with Crippen LogP contribution in [0.5, 0.6) is 5.75 Å². The molecule has 1 aliphatic rings. The number of anilines is 1. The average molecular weight is 447 g/mol. The predicted octanol–water partition coefficient (Wildman–Crippen LogP) is 3.85. The maximum atomic E-state index is 14.7. The molecule has 0 aliphatic carbocycles. The maximum absolute atomic E-state index is 14.7. The summed E-state index contributed by atoms with van der Waals surface area (Å²) in [4.78, 5) is 17.8. The second-order valence-corrected chi connectivity index (χ2v) is 7.53. The third kappa shape index (κ3) is 2.72. The second kappa shape index (κ2) is 6.85. The number of fused-ring (bicyclic) bond motifs is 3. The number of ether oxygens (including phenoxy) is 1. The first-order chi connectivity index (χ1) is 14.9. The van der Waals surface area contributed by atoms with Crippen LogP contribution in [0.15, 0.2) is 6.07 Å². The molecule has 166 valence electrons. The zero-order valence-electron chi connectivity index (χ0n) is 17.5. The number of halogens is 4. The number of rotatable bonds is 2. The van der Waals surface area contributed by atoms with Gasteiger partial charge in [0.25, 0.3) is 5.91 Å². The lowest BCUT2D eigenvalue weighted by Crippen LogP contribution is -2.18. The van der Waals surface area contributed by atoms with Gasteiger partial charge in [0.05, 0.1) is 41.5 Å². The molecule has 2 aromatic heterocycles. The van der Waals surface area contributed by atoms with Crippen LogP contribution < -0.4 is 10.5 Å². The molecule has 3 aromatic rings. The number of carbonyl (C=O) groups is 1. The second-order valence-electron chi connectivity index (χ2n) is 7.53. The fraction of sp³-hybridized carbons (Fsp3) is 0.286. The molecule has 11 heteroatoms. The number of alkyl halides is 3. The number of benzene rings is 1. The highest BCUT2D eigenvalue weighted by Gasteiger charge is 2.42. The van der Waals surface area contributed by atoms with Crippen LogP contribution in [0.4, 0.5) is 23.4 Å². The quantitative estimate of drug-likeness (QED) is 0.602. The first-order valence-corrected chi connectivity index (χ1v) is 9.37. The molecule has 2 N–H and O–H groups in total. The highest BCUT2D eigenvalue weighted by molar-refractivity contribution is 6.12. The molecule has 1 amide bonds. The third-order valence-electron chi connectivity index (χ3n) is 5.68. The topological polar surface area (TPSA) is 97.2 Å². The van der Waals surface area contributed by atoms with Crippen molar-refractivity contribution in [3.8, 4) is 17.5 Å². The average Bonchev–Trinajstić information content (AvgIpc) is 3.16. The molecule has 1 aliphatic heterocycles. The molecule has 0 spiro atoms. The standard InChI is InChI=1S/C21H17F4N5O2/c1-8-11(22)5-13(32-4)9(2)16(8)30-17-14(10(6-26)19(30)27)18(21(23,24)25)28-12-7-29(3)20(31)15(12)17/h5H,7,27H2,1-4H3. The molecule has 1 aromatic carbocycles. The summed E-state index contributed by atoms with van der Waals surface area (Å²) < 4.78 is 63.0. The number of methoxy groups -OCH3 is 1.